The van der Waals surface area contributed by atoms with E-state index in [4.69, 9.17) is 27.6 Å². The second-order valence-electron chi connectivity index (χ2n) is 7.01. The molecule has 1 aliphatic rings. The molecule has 1 fully saturated rings. The van der Waals surface area contributed by atoms with Crippen molar-refractivity contribution in [3.63, 3.8) is 0 Å². The van der Waals surface area contributed by atoms with Crippen molar-refractivity contribution in [3.05, 3.63) is 85.6 Å². The van der Waals surface area contributed by atoms with Gasteiger partial charge >= 0.3 is 6.03 Å². The lowest BCUT2D eigenvalue weighted by atomic mass is 10.1. The largest absolute Gasteiger partial charge is 0.457 e. The SMILES string of the molecule is Cc1ccc(N2C(=O)NC(=O)/C(=C/c3ccc(-c4cc([N+](=O)[O-])ccc4Cl)o3)C2=O)cc1Cl. The van der Waals surface area contributed by atoms with E-state index in [1.54, 1.807) is 13.0 Å². The van der Waals surface area contributed by atoms with E-state index < -0.39 is 22.8 Å². The van der Waals surface area contributed by atoms with Crippen molar-refractivity contribution in [2.75, 3.05) is 4.90 Å². The lowest BCUT2D eigenvalue weighted by Gasteiger charge is -2.26. The fourth-order valence-corrected chi connectivity index (χ4v) is 3.53. The highest BCUT2D eigenvalue weighted by molar-refractivity contribution is 6.39. The second kappa shape index (κ2) is 8.53. The Morgan fingerprint density at radius 3 is 2.48 bits per heavy atom. The molecule has 1 aliphatic heterocycles. The van der Waals surface area contributed by atoms with Gasteiger partial charge in [-0.15, -0.1) is 0 Å². The number of carbonyl (C=O) groups excluding carboxylic acids is 3. The molecule has 2 heterocycles. The third-order valence-electron chi connectivity index (χ3n) is 4.85. The zero-order valence-corrected chi connectivity index (χ0v) is 18.3. The van der Waals surface area contributed by atoms with E-state index in [0.29, 0.717) is 5.02 Å². The third-order valence-corrected chi connectivity index (χ3v) is 5.59. The summed E-state index contributed by atoms with van der Waals surface area (Å²) in [6.07, 6.45) is 1.17. The number of halogens is 2. The average Bonchev–Trinajstić information content (AvgIpc) is 3.22. The van der Waals surface area contributed by atoms with Gasteiger partial charge in [0, 0.05) is 22.7 Å². The van der Waals surface area contributed by atoms with E-state index >= 15 is 0 Å². The average molecular weight is 486 g/mol. The summed E-state index contributed by atoms with van der Waals surface area (Å²) in [5.74, 6) is -1.47. The van der Waals surface area contributed by atoms with E-state index in [0.717, 1.165) is 10.5 Å². The molecule has 0 atom stereocenters. The highest BCUT2D eigenvalue weighted by Gasteiger charge is 2.37. The number of nitrogens with zero attached hydrogens (tertiary/aromatic N) is 2. The molecule has 1 saturated heterocycles. The number of non-ortho nitro benzene ring substituents is 1. The molecule has 1 N–H and O–H groups in total. The van der Waals surface area contributed by atoms with Gasteiger partial charge in [-0.25, -0.2) is 9.69 Å². The molecule has 0 aliphatic carbocycles. The molecular formula is C22H13Cl2N3O6. The zero-order chi connectivity index (χ0) is 23.9. The number of imide groups is 2. The summed E-state index contributed by atoms with van der Waals surface area (Å²) in [6, 6.07) is 10.5. The van der Waals surface area contributed by atoms with Crippen LogP contribution in [0.3, 0.4) is 0 Å². The van der Waals surface area contributed by atoms with Crippen LogP contribution in [0, 0.1) is 17.0 Å². The van der Waals surface area contributed by atoms with E-state index in [-0.39, 0.29) is 39.1 Å². The van der Waals surface area contributed by atoms with E-state index in [2.05, 4.69) is 5.32 Å². The Morgan fingerprint density at radius 2 is 1.79 bits per heavy atom. The highest BCUT2D eigenvalue weighted by atomic mass is 35.5. The zero-order valence-electron chi connectivity index (χ0n) is 16.8. The number of hydrogen-bond donors (Lipinski definition) is 1. The van der Waals surface area contributed by atoms with Crippen molar-refractivity contribution in [1.82, 2.24) is 5.32 Å². The number of aryl methyl sites for hydroxylation is 1. The summed E-state index contributed by atoms with van der Waals surface area (Å²) in [5, 5.41) is 13.7. The van der Waals surface area contributed by atoms with Crippen LogP contribution in [0.15, 0.2) is 58.5 Å². The van der Waals surface area contributed by atoms with Gasteiger partial charge in [-0.3, -0.25) is 25.0 Å². The minimum absolute atomic E-state index is 0.0994. The lowest BCUT2D eigenvalue weighted by molar-refractivity contribution is -0.384. The molecule has 1 aromatic heterocycles. The molecule has 33 heavy (non-hydrogen) atoms. The fraction of sp³-hybridized carbons (Fsp3) is 0.0455. The molecule has 3 aromatic rings. The standard InChI is InChI=1S/C22H13Cl2N3O6/c1-11-2-3-12(9-18(11)24)26-21(29)16(20(28)25-22(26)30)10-14-5-7-19(33-14)15-8-13(27(31)32)4-6-17(15)23/h2-10H,1H3,(H,25,28,30)/b16-10-. The summed E-state index contributed by atoms with van der Waals surface area (Å²) in [7, 11) is 0. The maximum atomic E-state index is 13.0. The first kappa shape index (κ1) is 22.3. The topological polar surface area (TPSA) is 123 Å². The summed E-state index contributed by atoms with van der Waals surface area (Å²) < 4.78 is 5.65. The number of carbonyl (C=O) groups is 3. The first-order chi connectivity index (χ1) is 15.7. The number of amides is 4. The number of nitrogens with one attached hydrogen (secondary N) is 1. The molecule has 11 heteroatoms. The van der Waals surface area contributed by atoms with Crippen LogP contribution in [0.1, 0.15) is 11.3 Å². The Labute approximate surface area is 196 Å². The number of nitro groups is 1. The van der Waals surface area contributed by atoms with Crippen LogP contribution in [0.2, 0.25) is 10.0 Å². The quantitative estimate of drug-likeness (QED) is 0.236. The Hall–Kier alpha value is -3.95. The van der Waals surface area contributed by atoms with Crippen LogP contribution in [0.25, 0.3) is 17.4 Å². The van der Waals surface area contributed by atoms with Gasteiger partial charge in [0.1, 0.15) is 17.1 Å². The summed E-state index contributed by atoms with van der Waals surface area (Å²) >= 11 is 12.2. The van der Waals surface area contributed by atoms with E-state index in [1.807, 2.05) is 0 Å². The number of anilines is 1. The Kier molecular flexibility index (Phi) is 5.75. The van der Waals surface area contributed by atoms with Crippen LogP contribution in [0.4, 0.5) is 16.2 Å². The van der Waals surface area contributed by atoms with Crippen LogP contribution in [-0.4, -0.2) is 22.8 Å². The predicted molar refractivity (Wildman–Crippen MR) is 121 cm³/mol. The van der Waals surface area contributed by atoms with E-state index in [1.165, 1.54) is 48.5 Å². The van der Waals surface area contributed by atoms with Crippen molar-refractivity contribution in [1.29, 1.82) is 0 Å². The molecule has 4 amide bonds. The lowest BCUT2D eigenvalue weighted by Crippen LogP contribution is -2.54. The van der Waals surface area contributed by atoms with Crippen molar-refractivity contribution < 1.29 is 23.7 Å². The Morgan fingerprint density at radius 1 is 1.03 bits per heavy atom. The molecule has 4 rings (SSSR count). The maximum absolute atomic E-state index is 13.0. The monoisotopic (exact) mass is 485 g/mol. The highest BCUT2D eigenvalue weighted by Crippen LogP contribution is 2.33. The number of nitro benzene ring substituents is 1. The first-order valence-electron chi connectivity index (χ1n) is 9.37. The third kappa shape index (κ3) is 4.23. The number of urea groups is 1. The summed E-state index contributed by atoms with van der Waals surface area (Å²) in [4.78, 5) is 49.0. The van der Waals surface area contributed by atoms with Gasteiger partial charge in [-0.05, 0) is 48.9 Å². The van der Waals surface area contributed by atoms with Crippen molar-refractivity contribution in [2.45, 2.75) is 6.92 Å². The van der Waals surface area contributed by atoms with Gasteiger partial charge in [-0.1, -0.05) is 29.3 Å². The molecule has 0 bridgehead atoms. The van der Waals surface area contributed by atoms with E-state index in [9.17, 15) is 24.5 Å². The van der Waals surface area contributed by atoms with Gasteiger partial charge in [0.15, 0.2) is 0 Å². The molecule has 0 unspecified atom stereocenters. The van der Waals surface area contributed by atoms with Crippen LogP contribution in [-0.2, 0) is 9.59 Å². The van der Waals surface area contributed by atoms with Gasteiger partial charge in [0.05, 0.1) is 15.6 Å². The molecule has 0 saturated carbocycles. The maximum Gasteiger partial charge on any atom is 0.335 e. The molecule has 2 aromatic carbocycles. The van der Waals surface area contributed by atoms with Crippen LogP contribution in [0.5, 0.6) is 0 Å². The molecule has 0 radical (unpaired) electrons. The second-order valence-corrected chi connectivity index (χ2v) is 7.83. The van der Waals surface area contributed by atoms with Crippen molar-refractivity contribution in [3.8, 4) is 11.3 Å². The fourth-order valence-electron chi connectivity index (χ4n) is 3.15. The van der Waals surface area contributed by atoms with Crippen molar-refractivity contribution in [2.24, 2.45) is 0 Å². The number of benzene rings is 2. The molecule has 0 spiro atoms. The van der Waals surface area contributed by atoms with Gasteiger partial charge in [-0.2, -0.15) is 0 Å². The normalized spacial score (nSPS) is 15.2. The molecule has 166 valence electrons. The smallest absolute Gasteiger partial charge is 0.335 e. The Bertz CT molecular complexity index is 1380. The van der Waals surface area contributed by atoms with Gasteiger partial charge < -0.3 is 4.42 Å². The summed E-state index contributed by atoms with van der Waals surface area (Å²) in [6.45, 7) is 1.77. The number of furan rings is 1. The predicted octanol–water partition coefficient (Wildman–Crippen LogP) is 5.14. The van der Waals surface area contributed by atoms with Crippen molar-refractivity contribution >= 4 is 58.5 Å². The van der Waals surface area contributed by atoms with Crippen LogP contribution >= 0.6 is 23.2 Å². The number of barbiturate groups is 1. The number of hydrogen-bond acceptors (Lipinski definition) is 6. The first-order valence-corrected chi connectivity index (χ1v) is 10.1. The van der Waals surface area contributed by atoms with Gasteiger partial charge in [0.25, 0.3) is 17.5 Å². The minimum atomic E-state index is -0.911. The van der Waals surface area contributed by atoms with Gasteiger partial charge in [0.2, 0.25) is 0 Å². The van der Waals surface area contributed by atoms with Crippen LogP contribution < -0.4 is 10.2 Å². The number of rotatable bonds is 4. The molecular weight excluding hydrogens is 473 g/mol. The Balaban J connectivity index is 1.70. The summed E-state index contributed by atoms with van der Waals surface area (Å²) in [5.41, 5.74) is 0.673. The minimum Gasteiger partial charge on any atom is -0.457 e. The molecule has 9 nitrogen and oxygen atoms in total.